The van der Waals surface area contributed by atoms with Gasteiger partial charge in [-0.25, -0.2) is 19.9 Å². The molecular weight excluding hydrogens is 391 g/mol. The number of ether oxygens (including phenoxy) is 1. The summed E-state index contributed by atoms with van der Waals surface area (Å²) < 4.78 is 46.1. The first-order valence-corrected chi connectivity index (χ1v) is 8.44. The van der Waals surface area contributed by atoms with E-state index in [1.165, 1.54) is 30.8 Å². The first kappa shape index (κ1) is 20.2. The van der Waals surface area contributed by atoms with Crippen molar-refractivity contribution in [1.29, 1.82) is 0 Å². The second-order valence-corrected chi connectivity index (χ2v) is 6.00. The third-order valence-electron chi connectivity index (χ3n) is 3.56. The van der Waals surface area contributed by atoms with E-state index in [0.717, 1.165) is 0 Å². The van der Waals surface area contributed by atoms with E-state index in [1.54, 1.807) is 13.0 Å². The highest BCUT2D eigenvalue weighted by Crippen LogP contribution is 2.17. The topological polar surface area (TPSA) is 103 Å². The van der Waals surface area contributed by atoms with Crippen molar-refractivity contribution in [2.45, 2.75) is 26.1 Å². The van der Waals surface area contributed by atoms with Gasteiger partial charge < -0.3 is 14.5 Å². The summed E-state index contributed by atoms with van der Waals surface area (Å²) in [7, 11) is 0. The lowest BCUT2D eigenvalue weighted by atomic mass is 10.2. The van der Waals surface area contributed by atoms with E-state index in [2.05, 4.69) is 30.0 Å². The molecule has 3 aromatic rings. The van der Waals surface area contributed by atoms with E-state index in [1.807, 2.05) is 0 Å². The molecule has 3 aromatic heterocycles. The van der Waals surface area contributed by atoms with Gasteiger partial charge >= 0.3 is 6.18 Å². The zero-order valence-electron chi connectivity index (χ0n) is 15.2. The molecule has 0 saturated carbocycles. The number of carbonyl (C=O) groups excluding carboxylic acids is 1. The summed E-state index contributed by atoms with van der Waals surface area (Å²) in [5.74, 6) is 0.243. The molecule has 0 bridgehead atoms. The van der Waals surface area contributed by atoms with E-state index in [4.69, 9.17) is 4.42 Å². The number of nitrogens with one attached hydrogen (secondary N) is 1. The van der Waals surface area contributed by atoms with E-state index < -0.39 is 18.7 Å². The first-order chi connectivity index (χ1) is 13.8. The third kappa shape index (κ3) is 6.26. The Morgan fingerprint density at radius 1 is 1.24 bits per heavy atom. The normalized spacial score (nSPS) is 11.3. The standard InChI is InChI=1S/C18H16F3N5O3/c1-11-6-13(26-14(25-11)7-16-22-4-5-28-16)17(27)24-9-12-2-3-15(23-8-12)29-10-18(19,20)21/h2-6,8H,7,9-10H2,1H3,(H,24,27). The molecule has 3 heterocycles. The molecule has 3 rings (SSSR count). The van der Waals surface area contributed by atoms with Crippen LogP contribution in [0.1, 0.15) is 33.5 Å². The second kappa shape index (κ2) is 8.67. The molecule has 1 amide bonds. The predicted octanol–water partition coefficient (Wildman–Crippen LogP) is 2.63. The number of hydrogen-bond acceptors (Lipinski definition) is 7. The minimum Gasteiger partial charge on any atom is -0.468 e. The zero-order valence-corrected chi connectivity index (χ0v) is 15.2. The van der Waals surface area contributed by atoms with Crippen LogP contribution in [0.5, 0.6) is 5.88 Å². The van der Waals surface area contributed by atoms with E-state index >= 15 is 0 Å². The fourth-order valence-electron chi connectivity index (χ4n) is 2.33. The van der Waals surface area contributed by atoms with E-state index in [-0.39, 0.29) is 24.5 Å². The minimum atomic E-state index is -4.43. The molecule has 0 aliphatic carbocycles. The van der Waals surface area contributed by atoms with Crippen molar-refractivity contribution in [3.8, 4) is 5.88 Å². The Morgan fingerprint density at radius 3 is 2.72 bits per heavy atom. The molecule has 0 aliphatic rings. The Balaban J connectivity index is 1.58. The largest absolute Gasteiger partial charge is 0.468 e. The number of carbonyl (C=O) groups is 1. The quantitative estimate of drug-likeness (QED) is 0.642. The van der Waals surface area contributed by atoms with Crippen molar-refractivity contribution in [3.05, 3.63) is 65.5 Å². The Morgan fingerprint density at radius 2 is 2.07 bits per heavy atom. The molecular formula is C18H16F3N5O3. The number of alkyl halides is 3. The van der Waals surface area contributed by atoms with Crippen LogP contribution in [0.15, 0.2) is 41.3 Å². The maximum Gasteiger partial charge on any atom is 0.422 e. The van der Waals surface area contributed by atoms with Crippen LogP contribution in [0.2, 0.25) is 0 Å². The number of hydrogen-bond donors (Lipinski definition) is 1. The maximum atomic E-state index is 12.4. The Labute approximate surface area is 163 Å². The Hall–Kier alpha value is -3.50. The van der Waals surface area contributed by atoms with Crippen LogP contribution in [-0.4, -0.2) is 38.6 Å². The fourth-order valence-corrected chi connectivity index (χ4v) is 2.33. The zero-order chi connectivity index (χ0) is 20.9. The monoisotopic (exact) mass is 407 g/mol. The molecule has 0 atom stereocenters. The Kier molecular flexibility index (Phi) is 6.05. The van der Waals surface area contributed by atoms with Gasteiger partial charge in [0.1, 0.15) is 17.8 Å². The van der Waals surface area contributed by atoms with Gasteiger partial charge in [-0.1, -0.05) is 6.07 Å². The van der Waals surface area contributed by atoms with Crippen LogP contribution in [0.4, 0.5) is 13.2 Å². The van der Waals surface area contributed by atoms with Crippen LogP contribution in [0.3, 0.4) is 0 Å². The summed E-state index contributed by atoms with van der Waals surface area (Å²) in [5.41, 5.74) is 1.38. The molecule has 0 radical (unpaired) electrons. The average Bonchev–Trinajstić information content (AvgIpc) is 3.17. The molecule has 0 aromatic carbocycles. The highest BCUT2D eigenvalue weighted by atomic mass is 19.4. The van der Waals surface area contributed by atoms with Gasteiger partial charge in [0.25, 0.3) is 5.91 Å². The SMILES string of the molecule is Cc1cc(C(=O)NCc2ccc(OCC(F)(F)F)nc2)nc(Cc2ncco2)n1. The Bertz CT molecular complexity index is 960. The molecule has 0 aliphatic heterocycles. The van der Waals surface area contributed by atoms with Crippen LogP contribution in [-0.2, 0) is 13.0 Å². The number of oxazole rings is 1. The average molecular weight is 407 g/mol. The van der Waals surface area contributed by atoms with Gasteiger partial charge in [0.05, 0.1) is 12.6 Å². The summed E-state index contributed by atoms with van der Waals surface area (Å²) >= 11 is 0. The van der Waals surface area contributed by atoms with Crippen molar-refractivity contribution >= 4 is 5.91 Å². The molecule has 0 saturated heterocycles. The van der Waals surface area contributed by atoms with E-state index in [9.17, 15) is 18.0 Å². The highest BCUT2D eigenvalue weighted by Gasteiger charge is 2.28. The van der Waals surface area contributed by atoms with Crippen molar-refractivity contribution < 1.29 is 27.1 Å². The van der Waals surface area contributed by atoms with Crippen LogP contribution >= 0.6 is 0 Å². The molecule has 152 valence electrons. The van der Waals surface area contributed by atoms with Crippen molar-refractivity contribution in [2.75, 3.05) is 6.61 Å². The van der Waals surface area contributed by atoms with E-state index in [0.29, 0.717) is 23.0 Å². The van der Waals surface area contributed by atoms with Crippen molar-refractivity contribution in [1.82, 2.24) is 25.3 Å². The van der Waals surface area contributed by atoms with Crippen molar-refractivity contribution in [3.63, 3.8) is 0 Å². The second-order valence-electron chi connectivity index (χ2n) is 6.00. The summed E-state index contributed by atoms with van der Waals surface area (Å²) in [4.78, 5) is 28.7. The molecule has 1 N–H and O–H groups in total. The summed E-state index contributed by atoms with van der Waals surface area (Å²) in [6, 6.07) is 4.36. The lowest BCUT2D eigenvalue weighted by Crippen LogP contribution is -2.25. The number of aromatic nitrogens is 4. The van der Waals surface area contributed by atoms with Crippen molar-refractivity contribution in [2.24, 2.45) is 0 Å². The van der Waals surface area contributed by atoms with Gasteiger partial charge in [0.2, 0.25) is 11.8 Å². The van der Waals surface area contributed by atoms with Gasteiger partial charge in [0, 0.05) is 24.5 Å². The van der Waals surface area contributed by atoms with Crippen LogP contribution in [0, 0.1) is 6.92 Å². The van der Waals surface area contributed by atoms with Gasteiger partial charge in [-0.15, -0.1) is 0 Å². The third-order valence-corrected chi connectivity index (χ3v) is 3.56. The van der Waals surface area contributed by atoms with Crippen LogP contribution in [0.25, 0.3) is 0 Å². The van der Waals surface area contributed by atoms with Gasteiger partial charge in [-0.2, -0.15) is 13.2 Å². The van der Waals surface area contributed by atoms with Gasteiger partial charge in [-0.3, -0.25) is 4.79 Å². The minimum absolute atomic E-state index is 0.115. The molecule has 0 unspecified atom stereocenters. The van der Waals surface area contributed by atoms with Gasteiger partial charge in [0.15, 0.2) is 6.61 Å². The smallest absolute Gasteiger partial charge is 0.422 e. The molecule has 0 spiro atoms. The molecule has 11 heteroatoms. The number of halogens is 3. The number of nitrogens with zero attached hydrogens (tertiary/aromatic N) is 4. The fraction of sp³-hybridized carbons (Fsp3) is 0.278. The maximum absolute atomic E-state index is 12.4. The predicted molar refractivity (Wildman–Crippen MR) is 93.0 cm³/mol. The highest BCUT2D eigenvalue weighted by molar-refractivity contribution is 5.92. The number of rotatable bonds is 7. The summed E-state index contributed by atoms with van der Waals surface area (Å²) in [6.07, 6.45) is 0.0811. The number of aryl methyl sites for hydroxylation is 1. The molecule has 0 fully saturated rings. The number of pyridine rings is 1. The number of amides is 1. The summed E-state index contributed by atoms with van der Waals surface area (Å²) in [6.45, 7) is 0.434. The molecule has 29 heavy (non-hydrogen) atoms. The van der Waals surface area contributed by atoms with Gasteiger partial charge in [-0.05, 0) is 18.6 Å². The first-order valence-electron chi connectivity index (χ1n) is 8.44. The lowest BCUT2D eigenvalue weighted by molar-refractivity contribution is -0.154. The lowest BCUT2D eigenvalue weighted by Gasteiger charge is -2.09. The van der Waals surface area contributed by atoms with Crippen LogP contribution < -0.4 is 10.1 Å². The summed E-state index contributed by atoms with van der Waals surface area (Å²) in [5, 5.41) is 2.68. The molecule has 8 nitrogen and oxygen atoms in total.